The molecule has 7 nitrogen and oxygen atoms in total. The van der Waals surface area contributed by atoms with Crippen LogP contribution in [-0.4, -0.2) is 32.4 Å². The van der Waals surface area contributed by atoms with Gasteiger partial charge in [0.15, 0.2) is 11.5 Å². The molecule has 0 aliphatic carbocycles. The summed E-state index contributed by atoms with van der Waals surface area (Å²) in [6.07, 6.45) is 5.27. The van der Waals surface area contributed by atoms with E-state index in [-0.39, 0.29) is 23.6 Å². The van der Waals surface area contributed by atoms with E-state index in [1.807, 2.05) is 32.3 Å². The Hall–Kier alpha value is -3.40. The monoisotopic (exact) mass is 501 g/mol. The zero-order valence-electron chi connectivity index (χ0n) is 17.1. The van der Waals surface area contributed by atoms with Gasteiger partial charge in [-0.15, -0.1) is 0 Å². The molecule has 1 amide bonds. The van der Waals surface area contributed by atoms with Crippen molar-refractivity contribution in [2.45, 2.75) is 12.3 Å². The van der Waals surface area contributed by atoms with Crippen LogP contribution in [0.25, 0.3) is 11.3 Å². The van der Waals surface area contributed by atoms with Crippen LogP contribution in [-0.2, 0) is 12.5 Å². The van der Waals surface area contributed by atoms with Gasteiger partial charge in [-0.2, -0.15) is 5.10 Å². The molecular weight excluding hydrogens is 484 g/mol. The van der Waals surface area contributed by atoms with E-state index in [0.29, 0.717) is 0 Å². The Balaban J connectivity index is 1.57. The molecule has 0 aliphatic rings. The number of carbonyl (C=O) groups excluding carboxylic acids is 1. The highest BCUT2D eigenvalue weighted by atomic mass is 79.9. The summed E-state index contributed by atoms with van der Waals surface area (Å²) in [5.41, 5.74) is 0.908. The topological polar surface area (TPSA) is 85.8 Å². The second-order valence-electron chi connectivity index (χ2n) is 7.48. The smallest absolute Gasteiger partial charge is 0.273 e. The molecule has 10 heteroatoms. The van der Waals surface area contributed by atoms with Crippen molar-refractivity contribution in [1.29, 1.82) is 0 Å². The van der Waals surface area contributed by atoms with Crippen molar-refractivity contribution in [1.82, 2.24) is 25.2 Å². The van der Waals surface area contributed by atoms with Gasteiger partial charge in [0.2, 0.25) is 0 Å². The molecule has 0 bridgehead atoms. The van der Waals surface area contributed by atoms with Gasteiger partial charge < -0.3 is 9.84 Å². The van der Waals surface area contributed by atoms with Crippen LogP contribution in [0.2, 0.25) is 0 Å². The molecule has 3 aromatic heterocycles. The van der Waals surface area contributed by atoms with Crippen molar-refractivity contribution in [2.75, 3.05) is 6.54 Å². The van der Waals surface area contributed by atoms with Crippen molar-refractivity contribution in [3.8, 4) is 11.3 Å². The second kappa shape index (κ2) is 8.62. The number of hydrogen-bond donors (Lipinski definition) is 1. The van der Waals surface area contributed by atoms with E-state index in [1.54, 1.807) is 17.1 Å². The van der Waals surface area contributed by atoms with Gasteiger partial charge in [0.05, 0.1) is 22.9 Å². The fourth-order valence-electron chi connectivity index (χ4n) is 3.29. The number of benzene rings is 1. The first-order valence-corrected chi connectivity index (χ1v) is 10.4. The summed E-state index contributed by atoms with van der Waals surface area (Å²) in [4.78, 5) is 17.3. The molecule has 1 aromatic carbocycles. The minimum Gasteiger partial charge on any atom is -0.355 e. The summed E-state index contributed by atoms with van der Waals surface area (Å²) < 4.78 is 34.8. The van der Waals surface area contributed by atoms with Crippen molar-refractivity contribution in [2.24, 2.45) is 7.05 Å². The highest BCUT2D eigenvalue weighted by molar-refractivity contribution is 9.10. The van der Waals surface area contributed by atoms with E-state index in [0.717, 1.165) is 27.9 Å². The van der Waals surface area contributed by atoms with Gasteiger partial charge in [0.1, 0.15) is 11.6 Å². The standard InChI is InChI=1S/C22H18BrF2N5O2/c1-22(13-9-28-30(2)11-13,20-6-3-14(23)10-26-20)12-27-21(31)18-8-19(32-29-18)16-5-4-15(24)7-17(16)25/h3-11H,12H2,1-2H3,(H,27,31). The first-order valence-electron chi connectivity index (χ1n) is 9.58. The minimum absolute atomic E-state index is 0.0113. The van der Waals surface area contributed by atoms with Gasteiger partial charge in [-0.3, -0.25) is 14.5 Å². The van der Waals surface area contributed by atoms with E-state index < -0.39 is 23.0 Å². The number of hydrogen-bond acceptors (Lipinski definition) is 5. The predicted molar refractivity (Wildman–Crippen MR) is 116 cm³/mol. The fraction of sp³-hybridized carbons (Fsp3) is 0.182. The number of aromatic nitrogens is 4. The Morgan fingerprint density at radius 1 is 1.22 bits per heavy atom. The minimum atomic E-state index is -0.807. The normalized spacial score (nSPS) is 13.0. The maximum Gasteiger partial charge on any atom is 0.273 e. The zero-order valence-corrected chi connectivity index (χ0v) is 18.7. The highest BCUT2D eigenvalue weighted by Crippen LogP contribution is 2.31. The van der Waals surface area contributed by atoms with Crippen molar-refractivity contribution in [3.63, 3.8) is 0 Å². The number of rotatable bonds is 6. The number of halogens is 3. The third kappa shape index (κ3) is 4.31. The lowest BCUT2D eigenvalue weighted by Gasteiger charge is -2.28. The molecule has 1 N–H and O–H groups in total. The van der Waals surface area contributed by atoms with Gasteiger partial charge in [-0.1, -0.05) is 5.16 Å². The molecular formula is C22H18BrF2N5O2. The molecule has 0 aliphatic heterocycles. The van der Waals surface area contributed by atoms with E-state index in [9.17, 15) is 13.6 Å². The fourth-order valence-corrected chi connectivity index (χ4v) is 3.53. The first-order chi connectivity index (χ1) is 15.3. The lowest BCUT2D eigenvalue weighted by atomic mass is 9.80. The molecule has 0 spiro atoms. The van der Waals surface area contributed by atoms with E-state index in [4.69, 9.17) is 4.52 Å². The number of aryl methyl sites for hydroxylation is 1. The van der Waals surface area contributed by atoms with E-state index >= 15 is 0 Å². The van der Waals surface area contributed by atoms with E-state index in [2.05, 4.69) is 36.5 Å². The average molecular weight is 502 g/mol. The Bertz CT molecular complexity index is 1270. The van der Waals surface area contributed by atoms with Gasteiger partial charge in [0, 0.05) is 48.2 Å². The molecule has 4 rings (SSSR count). The largest absolute Gasteiger partial charge is 0.355 e. The summed E-state index contributed by atoms with van der Waals surface area (Å²) in [7, 11) is 1.81. The number of pyridine rings is 1. The van der Waals surface area contributed by atoms with Crippen LogP contribution in [0, 0.1) is 11.6 Å². The van der Waals surface area contributed by atoms with Gasteiger partial charge in [0.25, 0.3) is 5.91 Å². The van der Waals surface area contributed by atoms with Crippen LogP contribution in [0.1, 0.15) is 28.7 Å². The number of nitrogens with one attached hydrogen (secondary N) is 1. The quantitative estimate of drug-likeness (QED) is 0.426. The maximum absolute atomic E-state index is 14.0. The summed E-state index contributed by atoms with van der Waals surface area (Å²) in [6, 6.07) is 8.12. The molecule has 3 heterocycles. The molecule has 0 radical (unpaired) electrons. The third-order valence-electron chi connectivity index (χ3n) is 5.18. The maximum atomic E-state index is 14.0. The van der Waals surface area contributed by atoms with Crippen molar-refractivity contribution >= 4 is 21.8 Å². The van der Waals surface area contributed by atoms with Crippen LogP contribution >= 0.6 is 15.9 Å². The Morgan fingerprint density at radius 2 is 2.03 bits per heavy atom. The van der Waals surface area contributed by atoms with E-state index in [1.165, 1.54) is 12.1 Å². The highest BCUT2D eigenvalue weighted by Gasteiger charge is 2.33. The Kier molecular flexibility index (Phi) is 5.88. The van der Waals surface area contributed by atoms with Crippen LogP contribution in [0.5, 0.6) is 0 Å². The van der Waals surface area contributed by atoms with Crippen LogP contribution in [0.4, 0.5) is 8.78 Å². The molecule has 0 saturated carbocycles. The molecule has 4 aromatic rings. The summed E-state index contributed by atoms with van der Waals surface area (Å²) in [5, 5.41) is 10.8. The zero-order chi connectivity index (χ0) is 22.9. The number of nitrogens with zero attached hydrogens (tertiary/aromatic N) is 4. The lowest BCUT2D eigenvalue weighted by molar-refractivity contribution is 0.0938. The van der Waals surface area contributed by atoms with Gasteiger partial charge >= 0.3 is 0 Å². The first kappa shape index (κ1) is 21.8. The molecule has 164 valence electrons. The summed E-state index contributed by atoms with van der Waals surface area (Å²) in [5.74, 6) is -1.99. The average Bonchev–Trinajstić information content (AvgIpc) is 3.42. The van der Waals surface area contributed by atoms with Gasteiger partial charge in [-0.05, 0) is 47.1 Å². The Labute approximate surface area is 190 Å². The third-order valence-corrected chi connectivity index (χ3v) is 5.65. The molecule has 1 unspecified atom stereocenters. The molecule has 1 atom stereocenters. The van der Waals surface area contributed by atoms with Crippen LogP contribution < -0.4 is 5.32 Å². The summed E-state index contributed by atoms with van der Waals surface area (Å²) in [6.45, 7) is 2.14. The van der Waals surface area contributed by atoms with Crippen LogP contribution in [0.15, 0.2) is 64.0 Å². The Morgan fingerprint density at radius 3 is 2.69 bits per heavy atom. The SMILES string of the molecule is Cn1cc(C(C)(CNC(=O)c2cc(-c3ccc(F)cc3F)on2)c2ccc(Br)cn2)cn1. The van der Waals surface area contributed by atoms with Gasteiger partial charge in [-0.25, -0.2) is 8.78 Å². The number of amides is 1. The molecule has 0 saturated heterocycles. The lowest BCUT2D eigenvalue weighted by Crippen LogP contribution is -2.40. The molecule has 32 heavy (non-hydrogen) atoms. The summed E-state index contributed by atoms with van der Waals surface area (Å²) >= 11 is 3.38. The van der Waals surface area contributed by atoms with Crippen LogP contribution in [0.3, 0.4) is 0 Å². The second-order valence-corrected chi connectivity index (χ2v) is 8.40. The molecule has 0 fully saturated rings. The number of carbonyl (C=O) groups is 1. The van der Waals surface area contributed by atoms with Crippen molar-refractivity contribution in [3.05, 3.63) is 88.0 Å². The predicted octanol–water partition coefficient (Wildman–Crippen LogP) is 4.25. The van der Waals surface area contributed by atoms with Crippen molar-refractivity contribution < 1.29 is 18.1 Å².